The number of amides is 1. The molecule has 18 heavy (non-hydrogen) atoms. The summed E-state index contributed by atoms with van der Waals surface area (Å²) < 4.78 is 5.56. The Morgan fingerprint density at radius 1 is 1.56 bits per heavy atom. The van der Waals surface area contributed by atoms with Crippen LogP contribution in [0.3, 0.4) is 0 Å². The maximum atomic E-state index is 11.7. The monoisotopic (exact) mass is 248 g/mol. The number of hydrazone groups is 1. The van der Waals surface area contributed by atoms with Gasteiger partial charge in [0.2, 0.25) is 0 Å². The van der Waals surface area contributed by atoms with Gasteiger partial charge in [-0.15, -0.1) is 0 Å². The first-order valence-corrected chi connectivity index (χ1v) is 5.73. The van der Waals surface area contributed by atoms with Crippen molar-refractivity contribution in [1.82, 2.24) is 15.6 Å². The van der Waals surface area contributed by atoms with Crippen molar-refractivity contribution in [2.24, 2.45) is 5.10 Å². The van der Waals surface area contributed by atoms with Gasteiger partial charge in [-0.3, -0.25) is 4.79 Å². The normalized spacial score (nSPS) is 30.7. The second kappa shape index (κ2) is 4.38. The molecule has 3 heterocycles. The Morgan fingerprint density at radius 2 is 2.44 bits per heavy atom. The van der Waals surface area contributed by atoms with Crippen molar-refractivity contribution < 1.29 is 14.3 Å². The summed E-state index contributed by atoms with van der Waals surface area (Å²) in [4.78, 5) is 22.8. The summed E-state index contributed by atoms with van der Waals surface area (Å²) in [6, 6.07) is 0. The molecule has 1 saturated heterocycles. The molecule has 2 atom stereocenters. The third-order valence-electron chi connectivity index (χ3n) is 3.06. The minimum Gasteiger partial charge on any atom is -0.369 e. The van der Waals surface area contributed by atoms with Crippen LogP contribution in [0, 0.1) is 0 Å². The van der Waals surface area contributed by atoms with Gasteiger partial charge in [-0.1, -0.05) is 0 Å². The number of morpholine rings is 1. The van der Waals surface area contributed by atoms with Crippen molar-refractivity contribution in [3.05, 3.63) is 17.8 Å². The molecule has 0 aromatic rings. The van der Waals surface area contributed by atoms with Crippen LogP contribution < -0.4 is 10.6 Å². The van der Waals surface area contributed by atoms with E-state index in [0.717, 1.165) is 6.54 Å². The lowest BCUT2D eigenvalue weighted by Crippen LogP contribution is -2.46. The fourth-order valence-electron chi connectivity index (χ4n) is 2.19. The lowest BCUT2D eigenvalue weighted by molar-refractivity contribution is -0.128. The van der Waals surface area contributed by atoms with Gasteiger partial charge in [0, 0.05) is 25.4 Å². The van der Waals surface area contributed by atoms with Crippen molar-refractivity contribution in [2.75, 3.05) is 19.7 Å². The molecule has 7 heteroatoms. The van der Waals surface area contributed by atoms with E-state index in [0.29, 0.717) is 24.4 Å². The molecule has 1 fully saturated rings. The molecule has 0 bridgehead atoms. The van der Waals surface area contributed by atoms with Crippen molar-refractivity contribution in [2.45, 2.75) is 12.3 Å². The van der Waals surface area contributed by atoms with Crippen LogP contribution in [-0.2, 0) is 14.3 Å². The number of hydrogen-bond donors (Lipinski definition) is 2. The van der Waals surface area contributed by atoms with Crippen molar-refractivity contribution in [3.63, 3.8) is 0 Å². The third kappa shape index (κ3) is 1.65. The van der Waals surface area contributed by atoms with Gasteiger partial charge in [0.15, 0.2) is 6.17 Å². The predicted octanol–water partition coefficient (Wildman–Crippen LogP) is -1.63. The summed E-state index contributed by atoms with van der Waals surface area (Å²) in [6.45, 7) is 1.90. The van der Waals surface area contributed by atoms with Crippen LogP contribution in [0.2, 0.25) is 0 Å². The van der Waals surface area contributed by atoms with Crippen LogP contribution >= 0.6 is 0 Å². The first kappa shape index (κ1) is 11.2. The maximum Gasteiger partial charge on any atom is 0.270 e. The Bertz CT molecular complexity index is 487. The Hall–Kier alpha value is -1.95. The molecule has 0 aromatic heterocycles. The quantitative estimate of drug-likeness (QED) is 0.545. The number of carbonyl (C=O) groups excluding carboxylic acids is 2. The number of fused-ring (bicyclic) bond motifs is 1. The first-order valence-electron chi connectivity index (χ1n) is 5.73. The van der Waals surface area contributed by atoms with E-state index in [-0.39, 0.29) is 12.0 Å². The molecule has 0 radical (unpaired) electrons. The summed E-state index contributed by atoms with van der Waals surface area (Å²) in [6.07, 6.45) is 2.01. The highest BCUT2D eigenvalue weighted by atomic mass is 16.5. The van der Waals surface area contributed by atoms with E-state index in [1.807, 2.05) is 5.94 Å². The molecule has 3 aliphatic rings. The van der Waals surface area contributed by atoms with Gasteiger partial charge in [0.1, 0.15) is 23.3 Å². The molecule has 94 valence electrons. The molecule has 0 spiro atoms. The molecule has 1 amide bonds. The van der Waals surface area contributed by atoms with Gasteiger partial charge >= 0.3 is 0 Å². The number of hydrogen-bond acceptors (Lipinski definition) is 6. The van der Waals surface area contributed by atoms with Gasteiger partial charge in [-0.2, -0.15) is 5.10 Å². The van der Waals surface area contributed by atoms with E-state index in [1.54, 1.807) is 0 Å². The molecule has 0 saturated carbocycles. The molecule has 2 N–H and O–H groups in total. The van der Waals surface area contributed by atoms with E-state index in [9.17, 15) is 9.59 Å². The molecule has 3 aliphatic heterocycles. The van der Waals surface area contributed by atoms with Crippen LogP contribution in [0.15, 0.2) is 23.0 Å². The summed E-state index contributed by atoms with van der Waals surface area (Å²) in [7, 11) is 0. The SMILES string of the molecule is O=C=C1C(C2CNCCO2)=NN2C(=O)C=CNC12. The highest BCUT2D eigenvalue weighted by molar-refractivity contribution is 6.13. The topological polar surface area (TPSA) is 83.0 Å². The van der Waals surface area contributed by atoms with Crippen LogP contribution in [0.1, 0.15) is 0 Å². The van der Waals surface area contributed by atoms with Gasteiger partial charge < -0.3 is 15.4 Å². The number of carbonyl (C=O) groups is 1. The lowest BCUT2D eigenvalue weighted by atomic mass is 10.0. The summed E-state index contributed by atoms with van der Waals surface area (Å²) in [5.74, 6) is 1.61. The minimum atomic E-state index is -0.555. The highest BCUT2D eigenvalue weighted by Gasteiger charge is 2.41. The average Bonchev–Trinajstić information content (AvgIpc) is 2.80. The largest absolute Gasteiger partial charge is 0.369 e. The van der Waals surface area contributed by atoms with E-state index < -0.39 is 6.17 Å². The Kier molecular flexibility index (Phi) is 2.71. The second-order valence-electron chi connectivity index (χ2n) is 4.15. The molecule has 7 nitrogen and oxygen atoms in total. The lowest BCUT2D eigenvalue weighted by Gasteiger charge is -2.24. The van der Waals surface area contributed by atoms with Crippen LogP contribution in [0.4, 0.5) is 0 Å². The van der Waals surface area contributed by atoms with Crippen molar-refractivity contribution in [3.8, 4) is 0 Å². The van der Waals surface area contributed by atoms with E-state index >= 15 is 0 Å². The smallest absolute Gasteiger partial charge is 0.270 e. The Labute approximate surface area is 103 Å². The fourth-order valence-corrected chi connectivity index (χ4v) is 2.19. The average molecular weight is 248 g/mol. The zero-order valence-electron chi connectivity index (χ0n) is 9.55. The number of nitrogens with one attached hydrogen (secondary N) is 2. The standard InChI is InChI=1S/C11H12N4O3/c16-6-7-10(8-5-12-3-4-18-8)14-15-9(17)1-2-13-11(7)15/h1-2,8,11-13H,3-5H2. The molecular weight excluding hydrogens is 236 g/mol. The third-order valence-corrected chi connectivity index (χ3v) is 3.06. The van der Waals surface area contributed by atoms with Crippen LogP contribution in [0.5, 0.6) is 0 Å². The molecule has 3 rings (SSSR count). The fraction of sp³-hybridized carbons (Fsp3) is 0.455. The Balaban J connectivity index is 1.92. The summed E-state index contributed by atoms with van der Waals surface area (Å²) in [5, 5.41) is 11.5. The van der Waals surface area contributed by atoms with Gasteiger partial charge in [0.05, 0.1) is 6.61 Å². The van der Waals surface area contributed by atoms with Crippen LogP contribution in [0.25, 0.3) is 0 Å². The van der Waals surface area contributed by atoms with Crippen LogP contribution in [-0.4, -0.2) is 54.5 Å². The van der Waals surface area contributed by atoms with Crippen molar-refractivity contribution in [1.29, 1.82) is 0 Å². The second-order valence-corrected chi connectivity index (χ2v) is 4.15. The van der Waals surface area contributed by atoms with E-state index in [1.165, 1.54) is 17.3 Å². The van der Waals surface area contributed by atoms with E-state index in [2.05, 4.69) is 15.7 Å². The van der Waals surface area contributed by atoms with Gasteiger partial charge in [-0.05, 0) is 0 Å². The highest BCUT2D eigenvalue weighted by Crippen LogP contribution is 2.23. The van der Waals surface area contributed by atoms with Crippen molar-refractivity contribution >= 4 is 17.6 Å². The number of ether oxygens (including phenoxy) is 1. The maximum absolute atomic E-state index is 11.7. The Morgan fingerprint density at radius 3 is 3.17 bits per heavy atom. The zero-order valence-corrected chi connectivity index (χ0v) is 9.55. The summed E-state index contributed by atoms with van der Waals surface area (Å²) in [5.41, 5.74) is 0.813. The number of nitrogens with zero attached hydrogens (tertiary/aromatic N) is 2. The first-order chi connectivity index (χ1) is 8.81. The molecule has 0 aromatic carbocycles. The van der Waals surface area contributed by atoms with E-state index in [4.69, 9.17) is 4.74 Å². The predicted molar refractivity (Wildman–Crippen MR) is 62.2 cm³/mol. The summed E-state index contributed by atoms with van der Waals surface area (Å²) >= 11 is 0. The van der Waals surface area contributed by atoms with Gasteiger partial charge in [0.25, 0.3) is 5.91 Å². The minimum absolute atomic E-state index is 0.259. The zero-order chi connectivity index (χ0) is 12.5. The van der Waals surface area contributed by atoms with Gasteiger partial charge in [-0.25, -0.2) is 9.80 Å². The molecule has 2 unspecified atom stereocenters. The molecular formula is C11H12N4O3. The number of rotatable bonds is 1. The molecule has 0 aliphatic carbocycles.